The van der Waals surface area contributed by atoms with Crippen molar-refractivity contribution in [1.29, 1.82) is 0 Å². The molecule has 0 amide bonds. The first-order chi connectivity index (χ1) is 27.7. The Balaban J connectivity index is 1.09. The number of nitrogens with zero attached hydrogens (tertiary/aromatic N) is 1. The number of aryl methyl sites for hydroxylation is 1. The number of para-hydroxylation sites is 3. The predicted octanol–water partition coefficient (Wildman–Crippen LogP) is 15.4. The molecule has 0 aliphatic heterocycles. The summed E-state index contributed by atoms with van der Waals surface area (Å²) in [5.41, 5.74) is 14.8. The van der Waals surface area contributed by atoms with E-state index >= 15 is 0 Å². The Labute approximate surface area is 324 Å². The van der Waals surface area contributed by atoms with Crippen LogP contribution in [0, 0.1) is 6.92 Å². The molecule has 9 aromatic carbocycles. The van der Waals surface area contributed by atoms with Gasteiger partial charge in [0.05, 0.1) is 5.69 Å². The second-order valence-corrected chi connectivity index (χ2v) is 14.6. The molecule has 3 nitrogen and oxygen atoms in total. The molecule has 11 rings (SSSR count). The first kappa shape index (κ1) is 32.1. The average Bonchev–Trinajstić information content (AvgIpc) is 3.83. The van der Waals surface area contributed by atoms with Crippen LogP contribution in [-0.2, 0) is 0 Å². The van der Waals surface area contributed by atoms with Crippen molar-refractivity contribution in [2.75, 3.05) is 4.90 Å². The molecule has 11 aromatic rings. The zero-order valence-corrected chi connectivity index (χ0v) is 30.7. The van der Waals surface area contributed by atoms with Gasteiger partial charge in [-0.2, -0.15) is 0 Å². The molecule has 56 heavy (non-hydrogen) atoms. The third-order valence-corrected chi connectivity index (χ3v) is 11.1. The lowest BCUT2D eigenvalue weighted by Gasteiger charge is -2.28. The molecule has 0 aliphatic carbocycles. The summed E-state index contributed by atoms with van der Waals surface area (Å²) < 4.78 is 13.2. The van der Waals surface area contributed by atoms with E-state index in [2.05, 4.69) is 194 Å². The maximum absolute atomic E-state index is 6.87. The fraction of sp³-hybridized carbons (Fsp3) is 0.0189. The van der Waals surface area contributed by atoms with Crippen LogP contribution in [0.15, 0.2) is 203 Å². The highest BCUT2D eigenvalue weighted by molar-refractivity contribution is 6.18. The van der Waals surface area contributed by atoms with Crippen molar-refractivity contribution < 1.29 is 8.83 Å². The van der Waals surface area contributed by atoms with Crippen LogP contribution in [0.2, 0.25) is 0 Å². The van der Waals surface area contributed by atoms with Crippen LogP contribution < -0.4 is 4.90 Å². The Kier molecular flexibility index (Phi) is 7.39. The maximum Gasteiger partial charge on any atom is 0.143 e. The van der Waals surface area contributed by atoms with Crippen LogP contribution in [0.4, 0.5) is 17.1 Å². The molecule has 264 valence electrons. The van der Waals surface area contributed by atoms with E-state index in [1.165, 1.54) is 27.6 Å². The van der Waals surface area contributed by atoms with E-state index in [1.54, 1.807) is 0 Å². The molecule has 0 radical (unpaired) electrons. The molecule has 0 fully saturated rings. The molecular formula is C53H35NO2. The lowest BCUT2D eigenvalue weighted by molar-refractivity contribution is 0.669. The van der Waals surface area contributed by atoms with Crippen LogP contribution >= 0.6 is 0 Å². The van der Waals surface area contributed by atoms with Crippen molar-refractivity contribution in [2.45, 2.75) is 6.92 Å². The van der Waals surface area contributed by atoms with Crippen LogP contribution in [0.25, 0.3) is 88.0 Å². The molecular weight excluding hydrogens is 683 g/mol. The van der Waals surface area contributed by atoms with Gasteiger partial charge in [0, 0.05) is 49.4 Å². The van der Waals surface area contributed by atoms with E-state index in [4.69, 9.17) is 8.83 Å². The average molecular weight is 718 g/mol. The number of hydrogen-bond donors (Lipinski definition) is 0. The molecule has 0 unspecified atom stereocenters. The normalized spacial score (nSPS) is 11.7. The third kappa shape index (κ3) is 5.28. The molecule has 3 heteroatoms. The molecule has 0 bridgehead atoms. The van der Waals surface area contributed by atoms with Crippen LogP contribution in [0.5, 0.6) is 0 Å². The van der Waals surface area contributed by atoms with Crippen molar-refractivity contribution in [3.05, 3.63) is 200 Å². The number of benzene rings is 9. The van der Waals surface area contributed by atoms with Crippen molar-refractivity contribution in [1.82, 2.24) is 0 Å². The summed E-state index contributed by atoms with van der Waals surface area (Å²) in [6, 6.07) is 69.2. The predicted molar refractivity (Wildman–Crippen MR) is 234 cm³/mol. The van der Waals surface area contributed by atoms with E-state index in [1.807, 2.05) is 12.1 Å². The van der Waals surface area contributed by atoms with Gasteiger partial charge in [0.2, 0.25) is 0 Å². The Morgan fingerprint density at radius 3 is 1.88 bits per heavy atom. The molecule has 0 saturated heterocycles. The maximum atomic E-state index is 6.87. The Hall–Kier alpha value is -7.36. The van der Waals surface area contributed by atoms with E-state index in [9.17, 15) is 0 Å². The lowest BCUT2D eigenvalue weighted by atomic mass is 9.97. The molecule has 0 spiro atoms. The minimum atomic E-state index is 0.867. The van der Waals surface area contributed by atoms with E-state index in [0.717, 1.165) is 83.0 Å². The van der Waals surface area contributed by atoms with Crippen molar-refractivity contribution in [3.63, 3.8) is 0 Å². The SMILES string of the molecule is Cc1cccc(-c2cccc(-c3ccc(N(c4ccc5oc6ccccc6c5c4)c4ccccc4-c4cccc5c4oc4c6ccccc6ccc54)cc3)c2)c1. The molecule has 0 N–H and O–H groups in total. The standard InChI is InChI=1S/C53H35NO2/c1-34-11-8-13-37(31-34)39-15-9-14-38(32-39)35-23-26-40(27-24-35)54(41-28-30-51-48(33-41)44-18-5-7-22-50(44)55-51)49-21-6-4-17-43(49)45-19-10-20-46-47-29-25-36-12-2-3-16-42(36)52(47)56-53(45)46/h2-33H,1H3. The number of hydrogen-bond acceptors (Lipinski definition) is 3. The van der Waals surface area contributed by atoms with Crippen molar-refractivity contribution >= 4 is 71.7 Å². The second-order valence-electron chi connectivity index (χ2n) is 14.6. The monoisotopic (exact) mass is 717 g/mol. The summed E-state index contributed by atoms with van der Waals surface area (Å²) in [7, 11) is 0. The first-order valence-corrected chi connectivity index (χ1v) is 19.1. The van der Waals surface area contributed by atoms with Crippen LogP contribution in [0.3, 0.4) is 0 Å². The topological polar surface area (TPSA) is 29.5 Å². The smallest absolute Gasteiger partial charge is 0.143 e. The van der Waals surface area contributed by atoms with Crippen molar-refractivity contribution in [2.24, 2.45) is 0 Å². The second kappa shape index (κ2) is 12.9. The number of rotatable bonds is 6. The van der Waals surface area contributed by atoms with Gasteiger partial charge in [-0.25, -0.2) is 0 Å². The van der Waals surface area contributed by atoms with Gasteiger partial charge in [0.25, 0.3) is 0 Å². The summed E-state index contributed by atoms with van der Waals surface area (Å²) in [5.74, 6) is 0. The van der Waals surface area contributed by atoms with Gasteiger partial charge < -0.3 is 13.7 Å². The zero-order chi connectivity index (χ0) is 37.2. The van der Waals surface area contributed by atoms with Crippen molar-refractivity contribution in [3.8, 4) is 33.4 Å². The molecule has 0 aliphatic rings. The minimum Gasteiger partial charge on any atom is -0.456 e. The summed E-state index contributed by atoms with van der Waals surface area (Å²) in [4.78, 5) is 2.36. The summed E-state index contributed by atoms with van der Waals surface area (Å²) in [6.45, 7) is 2.14. The molecule has 0 saturated carbocycles. The van der Waals surface area contributed by atoms with Gasteiger partial charge in [-0.3, -0.25) is 0 Å². The highest BCUT2D eigenvalue weighted by atomic mass is 16.3. The fourth-order valence-corrected chi connectivity index (χ4v) is 8.42. The summed E-state index contributed by atoms with van der Waals surface area (Å²) in [6.07, 6.45) is 0. The Morgan fingerprint density at radius 1 is 0.357 bits per heavy atom. The van der Waals surface area contributed by atoms with E-state index in [-0.39, 0.29) is 0 Å². The first-order valence-electron chi connectivity index (χ1n) is 19.1. The van der Waals surface area contributed by atoms with Gasteiger partial charge in [-0.05, 0) is 89.2 Å². The lowest BCUT2D eigenvalue weighted by Crippen LogP contribution is -2.11. The molecule has 2 aromatic heterocycles. The van der Waals surface area contributed by atoms with Gasteiger partial charge in [0.1, 0.15) is 22.3 Å². The third-order valence-electron chi connectivity index (χ3n) is 11.1. The van der Waals surface area contributed by atoms with Gasteiger partial charge in [-0.15, -0.1) is 0 Å². The zero-order valence-electron chi connectivity index (χ0n) is 30.7. The van der Waals surface area contributed by atoms with Crippen LogP contribution in [0.1, 0.15) is 5.56 Å². The summed E-state index contributed by atoms with van der Waals surface area (Å²) in [5, 5.41) is 6.69. The minimum absolute atomic E-state index is 0.867. The Morgan fingerprint density at radius 2 is 1.00 bits per heavy atom. The van der Waals surface area contributed by atoms with Gasteiger partial charge in [-0.1, -0.05) is 145 Å². The number of anilines is 3. The van der Waals surface area contributed by atoms with Gasteiger partial charge in [0.15, 0.2) is 0 Å². The van der Waals surface area contributed by atoms with E-state index in [0.29, 0.717) is 0 Å². The highest BCUT2D eigenvalue weighted by Gasteiger charge is 2.22. The molecule has 0 atom stereocenters. The van der Waals surface area contributed by atoms with Gasteiger partial charge >= 0.3 is 0 Å². The van der Waals surface area contributed by atoms with E-state index < -0.39 is 0 Å². The molecule has 2 heterocycles. The Bertz CT molecular complexity index is 3280. The van der Waals surface area contributed by atoms with Crippen LogP contribution in [-0.4, -0.2) is 0 Å². The largest absolute Gasteiger partial charge is 0.456 e. The fourth-order valence-electron chi connectivity index (χ4n) is 8.42. The number of fused-ring (bicyclic) bond motifs is 8. The number of furan rings is 2. The highest BCUT2D eigenvalue weighted by Crippen LogP contribution is 2.46. The summed E-state index contributed by atoms with van der Waals surface area (Å²) >= 11 is 0. The quantitative estimate of drug-likeness (QED) is 0.171.